The second-order valence-corrected chi connectivity index (χ2v) is 8.58. The van der Waals surface area contributed by atoms with Gasteiger partial charge in [0.05, 0.1) is 6.42 Å². The van der Waals surface area contributed by atoms with E-state index in [4.69, 9.17) is 10.3 Å². The molecule has 1 aliphatic heterocycles. The number of aryl methyl sites for hydroxylation is 2. The van der Waals surface area contributed by atoms with Crippen molar-refractivity contribution in [2.45, 2.75) is 31.6 Å². The van der Waals surface area contributed by atoms with Crippen LogP contribution in [0.1, 0.15) is 23.4 Å². The molecule has 0 aliphatic carbocycles. The summed E-state index contributed by atoms with van der Waals surface area (Å²) in [6.45, 7) is 4.70. The van der Waals surface area contributed by atoms with Gasteiger partial charge in [0.15, 0.2) is 5.76 Å². The molecular formula is C18H24N4O4S. The van der Waals surface area contributed by atoms with Crippen LogP contribution in [0.2, 0.25) is 0 Å². The highest BCUT2D eigenvalue weighted by atomic mass is 32.2. The maximum absolute atomic E-state index is 13.0. The lowest BCUT2D eigenvalue weighted by Gasteiger charge is -2.22. The summed E-state index contributed by atoms with van der Waals surface area (Å²) in [7, 11) is -3.69. The third kappa shape index (κ3) is 4.14. The van der Waals surface area contributed by atoms with Crippen LogP contribution in [0, 0.1) is 13.8 Å². The Morgan fingerprint density at radius 1 is 1.15 bits per heavy atom. The molecule has 1 aliphatic rings. The summed E-state index contributed by atoms with van der Waals surface area (Å²) in [5.74, 6) is 0.268. The first kappa shape index (κ1) is 19.4. The standard InChI is InChI=1S/C18H24N4O4S/c1-13-18(14(2)26-20-13)27(24,25)22-9-3-8-21(10-11-22)17(23)12-15-4-6-16(19)7-5-15/h4-7H,3,8-12,19H2,1-2H3. The monoisotopic (exact) mass is 392 g/mol. The zero-order valence-corrected chi connectivity index (χ0v) is 16.3. The SMILES string of the molecule is Cc1noc(C)c1S(=O)(=O)N1CCCN(C(=O)Cc2ccc(N)cc2)CC1. The molecule has 9 heteroatoms. The molecule has 2 heterocycles. The average molecular weight is 392 g/mol. The largest absolute Gasteiger partial charge is 0.399 e. The molecular weight excluding hydrogens is 368 g/mol. The Bertz CT molecular complexity index is 902. The number of carbonyl (C=O) groups excluding carboxylic acids is 1. The van der Waals surface area contributed by atoms with Gasteiger partial charge in [-0.25, -0.2) is 8.42 Å². The lowest BCUT2D eigenvalue weighted by Crippen LogP contribution is -2.38. The average Bonchev–Trinajstić information content (AvgIpc) is 2.83. The molecule has 0 atom stereocenters. The predicted octanol–water partition coefficient (Wildman–Crippen LogP) is 1.34. The summed E-state index contributed by atoms with van der Waals surface area (Å²) in [5, 5.41) is 3.74. The van der Waals surface area contributed by atoms with Crippen LogP contribution in [0.3, 0.4) is 0 Å². The lowest BCUT2D eigenvalue weighted by atomic mass is 10.1. The van der Waals surface area contributed by atoms with E-state index >= 15 is 0 Å². The van der Waals surface area contributed by atoms with Gasteiger partial charge in [0.1, 0.15) is 10.6 Å². The Hall–Kier alpha value is -2.39. The van der Waals surface area contributed by atoms with Gasteiger partial charge in [-0.15, -0.1) is 0 Å². The molecule has 2 N–H and O–H groups in total. The number of carbonyl (C=O) groups is 1. The minimum Gasteiger partial charge on any atom is -0.399 e. The van der Waals surface area contributed by atoms with E-state index in [2.05, 4.69) is 5.16 Å². The highest BCUT2D eigenvalue weighted by Gasteiger charge is 2.32. The Balaban J connectivity index is 1.68. The molecule has 8 nitrogen and oxygen atoms in total. The van der Waals surface area contributed by atoms with E-state index in [1.165, 1.54) is 4.31 Å². The molecule has 146 valence electrons. The van der Waals surface area contributed by atoms with Gasteiger partial charge < -0.3 is 15.2 Å². The van der Waals surface area contributed by atoms with Crippen LogP contribution < -0.4 is 5.73 Å². The van der Waals surface area contributed by atoms with Crippen LogP contribution in [-0.4, -0.2) is 54.9 Å². The first-order chi connectivity index (χ1) is 12.8. The highest BCUT2D eigenvalue weighted by molar-refractivity contribution is 7.89. The number of anilines is 1. The van der Waals surface area contributed by atoms with Gasteiger partial charge >= 0.3 is 0 Å². The first-order valence-electron chi connectivity index (χ1n) is 8.84. The van der Waals surface area contributed by atoms with Crippen molar-refractivity contribution in [2.24, 2.45) is 0 Å². The number of nitrogen functional groups attached to an aromatic ring is 1. The van der Waals surface area contributed by atoms with E-state index in [-0.39, 0.29) is 29.5 Å². The number of hydrogen-bond acceptors (Lipinski definition) is 6. The molecule has 0 unspecified atom stereocenters. The Morgan fingerprint density at radius 3 is 2.48 bits per heavy atom. The summed E-state index contributed by atoms with van der Waals surface area (Å²) < 4.78 is 32.3. The molecule has 3 rings (SSSR count). The fourth-order valence-electron chi connectivity index (χ4n) is 3.28. The number of rotatable bonds is 4. The Labute approximate surface area is 159 Å². The molecule has 27 heavy (non-hydrogen) atoms. The third-order valence-corrected chi connectivity index (χ3v) is 6.85. The summed E-state index contributed by atoms with van der Waals surface area (Å²) in [5.41, 5.74) is 7.57. The molecule has 1 fully saturated rings. The summed E-state index contributed by atoms with van der Waals surface area (Å²) in [6.07, 6.45) is 0.854. The van der Waals surface area contributed by atoms with Gasteiger partial charge in [0, 0.05) is 31.9 Å². The lowest BCUT2D eigenvalue weighted by molar-refractivity contribution is -0.130. The summed E-state index contributed by atoms with van der Waals surface area (Å²) >= 11 is 0. The van der Waals surface area contributed by atoms with Crippen molar-refractivity contribution in [3.05, 3.63) is 41.3 Å². The van der Waals surface area contributed by atoms with Gasteiger partial charge in [-0.1, -0.05) is 17.3 Å². The number of nitrogens with zero attached hydrogens (tertiary/aromatic N) is 3. The van der Waals surface area contributed by atoms with E-state index in [9.17, 15) is 13.2 Å². The topological polar surface area (TPSA) is 110 Å². The number of sulfonamides is 1. The Morgan fingerprint density at radius 2 is 1.85 bits per heavy atom. The molecule has 1 amide bonds. The van der Waals surface area contributed by atoms with Crippen LogP contribution >= 0.6 is 0 Å². The van der Waals surface area contributed by atoms with Crippen LogP contribution in [-0.2, 0) is 21.2 Å². The van der Waals surface area contributed by atoms with E-state index < -0.39 is 10.0 Å². The zero-order valence-electron chi connectivity index (χ0n) is 15.5. The van der Waals surface area contributed by atoms with Gasteiger partial charge in [-0.2, -0.15) is 4.31 Å². The minimum absolute atomic E-state index is 0.0173. The molecule has 2 aromatic rings. The van der Waals surface area contributed by atoms with E-state index in [1.807, 2.05) is 12.1 Å². The van der Waals surface area contributed by atoms with Crippen molar-refractivity contribution in [1.82, 2.24) is 14.4 Å². The second kappa shape index (κ2) is 7.69. The van der Waals surface area contributed by atoms with Crippen LogP contribution in [0.25, 0.3) is 0 Å². The predicted molar refractivity (Wildman–Crippen MR) is 100 cm³/mol. The zero-order chi connectivity index (χ0) is 19.6. The molecule has 0 bridgehead atoms. The van der Waals surface area contributed by atoms with Crippen molar-refractivity contribution >= 4 is 21.6 Å². The van der Waals surface area contributed by atoms with Gasteiger partial charge in [0.2, 0.25) is 15.9 Å². The number of amides is 1. The van der Waals surface area contributed by atoms with Crippen molar-refractivity contribution in [3.8, 4) is 0 Å². The van der Waals surface area contributed by atoms with E-state index in [1.54, 1.807) is 30.9 Å². The smallest absolute Gasteiger partial charge is 0.248 e. The van der Waals surface area contributed by atoms with Crippen LogP contribution in [0.5, 0.6) is 0 Å². The van der Waals surface area contributed by atoms with E-state index in [0.717, 1.165) is 5.56 Å². The fourth-order valence-corrected chi connectivity index (χ4v) is 5.04. The first-order valence-corrected chi connectivity index (χ1v) is 10.3. The van der Waals surface area contributed by atoms with Crippen molar-refractivity contribution in [1.29, 1.82) is 0 Å². The maximum atomic E-state index is 13.0. The normalized spacial score (nSPS) is 16.3. The van der Waals surface area contributed by atoms with Crippen molar-refractivity contribution in [3.63, 3.8) is 0 Å². The van der Waals surface area contributed by atoms with Crippen molar-refractivity contribution in [2.75, 3.05) is 31.9 Å². The molecule has 1 aromatic heterocycles. The molecule has 1 saturated heterocycles. The fraction of sp³-hybridized carbons (Fsp3) is 0.444. The quantitative estimate of drug-likeness (QED) is 0.786. The van der Waals surface area contributed by atoms with Gasteiger partial charge in [-0.05, 0) is 38.0 Å². The number of benzene rings is 1. The van der Waals surface area contributed by atoms with E-state index in [0.29, 0.717) is 37.4 Å². The third-order valence-electron chi connectivity index (χ3n) is 4.71. The Kier molecular flexibility index (Phi) is 5.52. The second-order valence-electron chi connectivity index (χ2n) is 6.71. The number of hydrogen-bond donors (Lipinski definition) is 1. The summed E-state index contributed by atoms with van der Waals surface area (Å²) in [4.78, 5) is 14.5. The molecule has 0 saturated carbocycles. The van der Waals surface area contributed by atoms with Crippen LogP contribution in [0.15, 0.2) is 33.7 Å². The summed E-state index contributed by atoms with van der Waals surface area (Å²) in [6, 6.07) is 7.20. The number of aromatic nitrogens is 1. The maximum Gasteiger partial charge on any atom is 0.248 e. The highest BCUT2D eigenvalue weighted by Crippen LogP contribution is 2.24. The molecule has 0 spiro atoms. The molecule has 1 aromatic carbocycles. The van der Waals surface area contributed by atoms with Gasteiger partial charge in [-0.3, -0.25) is 4.79 Å². The van der Waals surface area contributed by atoms with Gasteiger partial charge in [0.25, 0.3) is 0 Å². The van der Waals surface area contributed by atoms with Crippen LogP contribution in [0.4, 0.5) is 5.69 Å². The molecule has 0 radical (unpaired) electrons. The minimum atomic E-state index is -3.69. The van der Waals surface area contributed by atoms with Crippen molar-refractivity contribution < 1.29 is 17.7 Å². The number of nitrogens with two attached hydrogens (primary N) is 1.